The second-order valence-electron chi connectivity index (χ2n) is 4.00. The van der Waals surface area contributed by atoms with Gasteiger partial charge < -0.3 is 10.6 Å². The first-order valence-electron chi connectivity index (χ1n) is 5.29. The van der Waals surface area contributed by atoms with Gasteiger partial charge in [-0.15, -0.1) is 0 Å². The highest BCUT2D eigenvalue weighted by molar-refractivity contribution is 5.97. The van der Waals surface area contributed by atoms with E-state index in [0.29, 0.717) is 6.54 Å². The van der Waals surface area contributed by atoms with E-state index in [1.54, 1.807) is 4.90 Å². The summed E-state index contributed by atoms with van der Waals surface area (Å²) < 4.78 is 0. The Kier molecular flexibility index (Phi) is 2.73. The van der Waals surface area contributed by atoms with E-state index in [-0.39, 0.29) is 11.8 Å². The van der Waals surface area contributed by atoms with Gasteiger partial charge in [0.1, 0.15) is 0 Å². The molecule has 0 aliphatic carbocycles. The van der Waals surface area contributed by atoms with Gasteiger partial charge in [0, 0.05) is 18.7 Å². The van der Waals surface area contributed by atoms with Crippen LogP contribution in [-0.4, -0.2) is 19.5 Å². The smallest absolute Gasteiger partial charge is 0.230 e. The van der Waals surface area contributed by atoms with Crippen molar-refractivity contribution in [3.63, 3.8) is 0 Å². The van der Waals surface area contributed by atoms with E-state index in [2.05, 4.69) is 6.07 Å². The summed E-state index contributed by atoms with van der Waals surface area (Å²) in [6.07, 6.45) is 1.61. The van der Waals surface area contributed by atoms with Crippen LogP contribution in [0.2, 0.25) is 0 Å². The van der Waals surface area contributed by atoms with Gasteiger partial charge in [-0.2, -0.15) is 0 Å². The summed E-state index contributed by atoms with van der Waals surface area (Å²) in [4.78, 5) is 13.7. The molecule has 1 amide bonds. The summed E-state index contributed by atoms with van der Waals surface area (Å²) >= 11 is 0. The van der Waals surface area contributed by atoms with Crippen molar-refractivity contribution in [3.05, 3.63) is 29.8 Å². The first-order valence-corrected chi connectivity index (χ1v) is 5.29. The summed E-state index contributed by atoms with van der Waals surface area (Å²) in [5.41, 5.74) is 7.80. The average molecular weight is 204 g/mol. The van der Waals surface area contributed by atoms with E-state index >= 15 is 0 Å². The van der Waals surface area contributed by atoms with Crippen LogP contribution in [0.25, 0.3) is 0 Å². The quantitative estimate of drug-likeness (QED) is 0.786. The van der Waals surface area contributed by atoms with Gasteiger partial charge in [0.05, 0.1) is 0 Å². The van der Waals surface area contributed by atoms with Crippen LogP contribution in [0, 0.1) is 5.92 Å². The molecule has 2 rings (SSSR count). The molecule has 0 radical (unpaired) electrons. The molecule has 1 atom stereocenters. The third-order valence-electron chi connectivity index (χ3n) is 3.01. The fraction of sp³-hybridized carbons (Fsp3) is 0.417. The minimum Gasteiger partial charge on any atom is -0.330 e. The fourth-order valence-corrected chi connectivity index (χ4v) is 2.18. The number of hydrogen-bond donors (Lipinski definition) is 1. The maximum atomic E-state index is 11.9. The van der Waals surface area contributed by atoms with Crippen LogP contribution in [0.3, 0.4) is 0 Å². The number of carbonyl (C=O) groups is 1. The highest BCUT2D eigenvalue weighted by atomic mass is 16.2. The molecule has 0 aromatic heterocycles. The minimum absolute atomic E-state index is 0.0647. The van der Waals surface area contributed by atoms with E-state index in [1.807, 2.05) is 25.2 Å². The van der Waals surface area contributed by atoms with E-state index in [9.17, 15) is 4.79 Å². The van der Waals surface area contributed by atoms with Gasteiger partial charge in [0.2, 0.25) is 5.91 Å². The molecule has 1 aromatic carbocycles. The first-order chi connectivity index (χ1) is 7.24. The number of nitrogens with two attached hydrogens (primary N) is 1. The Morgan fingerprint density at radius 1 is 1.47 bits per heavy atom. The maximum Gasteiger partial charge on any atom is 0.230 e. The van der Waals surface area contributed by atoms with Crippen molar-refractivity contribution < 1.29 is 4.79 Å². The average Bonchev–Trinajstić information content (AvgIpc) is 2.26. The molecule has 1 aromatic rings. The number of benzene rings is 1. The fourth-order valence-electron chi connectivity index (χ4n) is 2.18. The third kappa shape index (κ3) is 1.75. The van der Waals surface area contributed by atoms with Crippen LogP contribution >= 0.6 is 0 Å². The molecule has 1 aliphatic heterocycles. The van der Waals surface area contributed by atoms with Gasteiger partial charge in [-0.1, -0.05) is 18.2 Å². The van der Waals surface area contributed by atoms with E-state index in [0.717, 1.165) is 18.5 Å². The Morgan fingerprint density at radius 2 is 2.20 bits per heavy atom. The Morgan fingerprint density at radius 3 is 2.93 bits per heavy atom. The lowest BCUT2D eigenvalue weighted by Crippen LogP contribution is -2.39. The second kappa shape index (κ2) is 4.03. The molecule has 3 heteroatoms. The van der Waals surface area contributed by atoms with Gasteiger partial charge in [0.25, 0.3) is 0 Å². The van der Waals surface area contributed by atoms with Crippen molar-refractivity contribution in [1.82, 2.24) is 0 Å². The normalized spacial score (nSPS) is 20.3. The Labute approximate surface area is 89.9 Å². The standard InChI is InChI=1S/C12H16N2O/c1-14-11-5-3-2-4-9(11)8-10(6-7-13)12(14)15/h2-5,10H,6-8,13H2,1H3. The summed E-state index contributed by atoms with van der Waals surface area (Å²) in [5.74, 6) is 0.258. The highest BCUT2D eigenvalue weighted by Gasteiger charge is 2.29. The number of amides is 1. The van der Waals surface area contributed by atoms with Gasteiger partial charge in [-0.05, 0) is 31.0 Å². The molecule has 0 saturated carbocycles. The summed E-state index contributed by atoms with van der Waals surface area (Å²) in [6.45, 7) is 0.576. The third-order valence-corrected chi connectivity index (χ3v) is 3.01. The molecule has 1 unspecified atom stereocenters. The number of para-hydroxylation sites is 1. The van der Waals surface area contributed by atoms with Crippen molar-refractivity contribution in [2.75, 3.05) is 18.5 Å². The largest absolute Gasteiger partial charge is 0.330 e. The molecular weight excluding hydrogens is 188 g/mol. The summed E-state index contributed by atoms with van der Waals surface area (Å²) in [6, 6.07) is 8.06. The highest BCUT2D eigenvalue weighted by Crippen LogP contribution is 2.30. The van der Waals surface area contributed by atoms with Crippen molar-refractivity contribution in [1.29, 1.82) is 0 Å². The number of hydrogen-bond acceptors (Lipinski definition) is 2. The molecule has 1 heterocycles. The van der Waals surface area contributed by atoms with Crippen molar-refractivity contribution in [3.8, 4) is 0 Å². The number of rotatable bonds is 2. The molecule has 1 aliphatic rings. The molecule has 2 N–H and O–H groups in total. The molecule has 0 spiro atoms. The predicted molar refractivity (Wildman–Crippen MR) is 60.7 cm³/mol. The van der Waals surface area contributed by atoms with Crippen LogP contribution in [0.5, 0.6) is 0 Å². The number of carbonyl (C=O) groups excluding carboxylic acids is 1. The molecule has 3 nitrogen and oxygen atoms in total. The monoisotopic (exact) mass is 204 g/mol. The van der Waals surface area contributed by atoms with Crippen molar-refractivity contribution >= 4 is 11.6 Å². The lowest BCUT2D eigenvalue weighted by molar-refractivity contribution is -0.122. The molecule has 0 saturated heterocycles. The van der Waals surface area contributed by atoms with Crippen LogP contribution in [0.4, 0.5) is 5.69 Å². The Balaban J connectivity index is 2.32. The lowest BCUT2D eigenvalue weighted by atomic mass is 9.90. The maximum absolute atomic E-state index is 11.9. The molecule has 0 bridgehead atoms. The topological polar surface area (TPSA) is 46.3 Å². The second-order valence-corrected chi connectivity index (χ2v) is 4.00. The Hall–Kier alpha value is -1.35. The van der Waals surface area contributed by atoms with E-state index in [4.69, 9.17) is 5.73 Å². The molecule has 0 fully saturated rings. The van der Waals surface area contributed by atoms with E-state index in [1.165, 1.54) is 5.56 Å². The molecule has 80 valence electrons. The van der Waals surface area contributed by atoms with Crippen LogP contribution in [0.1, 0.15) is 12.0 Å². The SMILES string of the molecule is CN1C(=O)C(CCN)Cc2ccccc21. The van der Waals surface area contributed by atoms with Gasteiger partial charge >= 0.3 is 0 Å². The first kappa shape index (κ1) is 10.2. The van der Waals surface area contributed by atoms with Gasteiger partial charge in [0.15, 0.2) is 0 Å². The zero-order chi connectivity index (χ0) is 10.8. The van der Waals surface area contributed by atoms with Crippen LogP contribution in [-0.2, 0) is 11.2 Å². The zero-order valence-electron chi connectivity index (χ0n) is 8.94. The zero-order valence-corrected chi connectivity index (χ0v) is 8.94. The predicted octanol–water partition coefficient (Wildman–Crippen LogP) is 1.17. The Bertz CT molecular complexity index is 376. The van der Waals surface area contributed by atoms with Gasteiger partial charge in [-0.25, -0.2) is 0 Å². The number of fused-ring (bicyclic) bond motifs is 1. The summed E-state index contributed by atoms with van der Waals surface area (Å²) in [7, 11) is 1.84. The van der Waals surface area contributed by atoms with Crippen molar-refractivity contribution in [2.45, 2.75) is 12.8 Å². The minimum atomic E-state index is 0.0647. The van der Waals surface area contributed by atoms with Crippen molar-refractivity contribution in [2.24, 2.45) is 11.7 Å². The van der Waals surface area contributed by atoms with Crippen LogP contribution < -0.4 is 10.6 Å². The lowest BCUT2D eigenvalue weighted by Gasteiger charge is -2.31. The summed E-state index contributed by atoms with van der Waals surface area (Å²) in [5, 5.41) is 0. The molecule has 15 heavy (non-hydrogen) atoms. The van der Waals surface area contributed by atoms with Gasteiger partial charge in [-0.3, -0.25) is 4.79 Å². The number of nitrogens with zero attached hydrogens (tertiary/aromatic N) is 1. The van der Waals surface area contributed by atoms with Crippen LogP contribution in [0.15, 0.2) is 24.3 Å². The molecular formula is C12H16N2O. The number of anilines is 1. The van der Waals surface area contributed by atoms with E-state index < -0.39 is 0 Å².